The first-order chi connectivity index (χ1) is 21.8. The maximum atomic E-state index is 14.5. The Morgan fingerprint density at radius 1 is 0.717 bits per heavy atom. The fourth-order valence-corrected chi connectivity index (χ4v) is 6.62. The van der Waals surface area contributed by atoms with E-state index in [-0.39, 0.29) is 16.3 Å². The third kappa shape index (κ3) is 6.17. The Morgan fingerprint density at radius 2 is 1.15 bits per heavy atom. The zero-order chi connectivity index (χ0) is 33.4. The summed E-state index contributed by atoms with van der Waals surface area (Å²) in [6.45, 7) is 11.5. The molecule has 46 heavy (non-hydrogen) atoms. The van der Waals surface area contributed by atoms with Crippen LogP contribution in [0.4, 0.5) is 11.4 Å². The Bertz CT molecular complexity index is 1670. The number of carbonyl (C=O) groups is 4. The molecule has 3 aromatic carbocycles. The second-order valence-electron chi connectivity index (χ2n) is 11.9. The lowest BCUT2D eigenvalue weighted by atomic mass is 9.73. The van der Waals surface area contributed by atoms with Gasteiger partial charge >= 0.3 is 0 Å². The summed E-state index contributed by atoms with van der Waals surface area (Å²) in [6, 6.07) is 17.8. The normalized spacial score (nSPS) is 19.4. The van der Waals surface area contributed by atoms with Gasteiger partial charge in [-0.2, -0.15) is 0 Å². The van der Waals surface area contributed by atoms with Gasteiger partial charge in [0.1, 0.15) is 17.6 Å². The molecule has 2 aliphatic heterocycles. The highest BCUT2D eigenvalue weighted by Crippen LogP contribution is 2.41. The van der Waals surface area contributed by atoms with Crippen LogP contribution in [-0.2, 0) is 19.2 Å². The minimum atomic E-state index is -1.49. The Labute approximate surface area is 279 Å². The predicted octanol–water partition coefficient (Wildman–Crippen LogP) is 5.31. The molecule has 0 unspecified atom stereocenters. The molecule has 2 heterocycles. The number of aryl methyl sites for hydroxylation is 4. The summed E-state index contributed by atoms with van der Waals surface area (Å²) in [4.78, 5) is 59.1. The number of anilines is 2. The van der Waals surface area contributed by atoms with E-state index in [0.29, 0.717) is 22.7 Å². The summed E-state index contributed by atoms with van der Waals surface area (Å²) in [5, 5.41) is 5.19. The number of benzene rings is 3. The molecule has 238 valence electrons. The SMILES string of the molecule is CC[C@@H](C)Oc1ccc(C([C@@H]2C(=O)NC(=S)N(c3ccc(C)cc3C)C2=O)[C@@H]2C(=O)NC(=S)N(c3ccc(C)cc3C)C2=O)cc1. The Balaban J connectivity index is 1.65. The maximum Gasteiger partial charge on any atom is 0.246 e. The number of hydrogen-bond acceptors (Lipinski definition) is 7. The Morgan fingerprint density at radius 3 is 1.54 bits per heavy atom. The van der Waals surface area contributed by atoms with Gasteiger partial charge < -0.3 is 15.4 Å². The smallest absolute Gasteiger partial charge is 0.246 e. The minimum absolute atomic E-state index is 0.0438. The van der Waals surface area contributed by atoms with Crippen molar-refractivity contribution in [1.29, 1.82) is 0 Å². The highest BCUT2D eigenvalue weighted by Gasteiger charge is 2.54. The van der Waals surface area contributed by atoms with Gasteiger partial charge in [0.05, 0.1) is 17.5 Å². The van der Waals surface area contributed by atoms with Gasteiger partial charge in [-0.3, -0.25) is 29.0 Å². The van der Waals surface area contributed by atoms with E-state index in [1.54, 1.807) is 36.4 Å². The molecular formula is C35H36N4O5S2. The average Bonchev–Trinajstić information content (AvgIpc) is 2.98. The lowest BCUT2D eigenvalue weighted by Gasteiger charge is -2.41. The molecule has 2 N–H and O–H groups in total. The van der Waals surface area contributed by atoms with Crippen molar-refractivity contribution in [3.8, 4) is 5.75 Å². The number of hydrogen-bond donors (Lipinski definition) is 2. The van der Waals surface area contributed by atoms with E-state index in [1.165, 1.54) is 9.80 Å². The highest BCUT2D eigenvalue weighted by atomic mass is 32.1. The molecule has 0 saturated carbocycles. The summed E-state index contributed by atoms with van der Waals surface area (Å²) in [7, 11) is 0. The lowest BCUT2D eigenvalue weighted by molar-refractivity contribution is -0.139. The zero-order valence-corrected chi connectivity index (χ0v) is 28.2. The van der Waals surface area contributed by atoms with E-state index in [4.69, 9.17) is 29.2 Å². The van der Waals surface area contributed by atoms with Crippen LogP contribution in [0.1, 0.15) is 54.0 Å². The first-order valence-corrected chi connectivity index (χ1v) is 15.9. The van der Waals surface area contributed by atoms with Crippen LogP contribution in [0.5, 0.6) is 5.75 Å². The molecule has 5 rings (SSSR count). The van der Waals surface area contributed by atoms with Crippen molar-refractivity contribution in [3.63, 3.8) is 0 Å². The molecule has 3 atom stereocenters. The Kier molecular flexibility index (Phi) is 9.37. The Hall–Kier alpha value is -4.48. The standard InChI is InChI=1S/C35H36N4O5S2/c1-7-22(6)44-24-12-10-23(11-13-24)27(28-30(40)36-34(45)38(32(28)42)25-14-8-18(2)16-20(25)4)29-31(41)37-35(46)39(33(29)43)26-15-9-19(3)17-21(26)5/h8-17,22,27-29H,7H2,1-6H3,(H,36,40,45)(H,37,41,46)/t22-,28-,29-/m1/s1. The molecule has 0 spiro atoms. The first kappa shape index (κ1) is 32.9. The molecule has 4 amide bonds. The quantitative estimate of drug-likeness (QED) is 0.250. The molecule has 0 bridgehead atoms. The van der Waals surface area contributed by atoms with Crippen LogP contribution in [0, 0.1) is 39.5 Å². The zero-order valence-electron chi connectivity index (χ0n) is 26.5. The molecular weight excluding hydrogens is 621 g/mol. The summed E-state index contributed by atoms with van der Waals surface area (Å²) in [5.74, 6) is -6.30. The van der Waals surface area contributed by atoms with Crippen molar-refractivity contribution < 1.29 is 23.9 Å². The summed E-state index contributed by atoms with van der Waals surface area (Å²) < 4.78 is 5.95. The van der Waals surface area contributed by atoms with E-state index in [2.05, 4.69) is 10.6 Å². The molecule has 0 aliphatic carbocycles. The van der Waals surface area contributed by atoms with Gasteiger partial charge in [-0.1, -0.05) is 54.4 Å². The van der Waals surface area contributed by atoms with Crippen molar-refractivity contribution in [2.24, 2.45) is 11.8 Å². The van der Waals surface area contributed by atoms with Gasteiger partial charge in [-0.15, -0.1) is 0 Å². The molecule has 3 aromatic rings. The van der Waals surface area contributed by atoms with Crippen LogP contribution in [0.15, 0.2) is 60.7 Å². The minimum Gasteiger partial charge on any atom is -0.491 e. The number of amides is 4. The number of thiocarbonyl (C=S) groups is 2. The van der Waals surface area contributed by atoms with E-state index in [0.717, 1.165) is 28.7 Å². The highest BCUT2D eigenvalue weighted by molar-refractivity contribution is 7.80. The van der Waals surface area contributed by atoms with E-state index in [9.17, 15) is 19.2 Å². The second kappa shape index (κ2) is 13.1. The average molecular weight is 657 g/mol. The number of ether oxygens (including phenoxy) is 1. The number of nitrogens with zero attached hydrogens (tertiary/aromatic N) is 2. The van der Waals surface area contributed by atoms with Crippen molar-refractivity contribution >= 4 is 69.7 Å². The van der Waals surface area contributed by atoms with Crippen LogP contribution in [0.25, 0.3) is 0 Å². The van der Waals surface area contributed by atoms with Crippen LogP contribution in [-0.4, -0.2) is 40.0 Å². The van der Waals surface area contributed by atoms with Crippen LogP contribution in [0.2, 0.25) is 0 Å². The molecule has 9 nitrogen and oxygen atoms in total. The van der Waals surface area contributed by atoms with E-state index < -0.39 is 41.4 Å². The predicted molar refractivity (Wildman–Crippen MR) is 185 cm³/mol. The number of rotatable bonds is 8. The van der Waals surface area contributed by atoms with Crippen molar-refractivity contribution in [3.05, 3.63) is 88.5 Å². The molecule has 0 aromatic heterocycles. The monoisotopic (exact) mass is 656 g/mol. The summed E-state index contributed by atoms with van der Waals surface area (Å²) in [5.41, 5.74) is 4.94. The van der Waals surface area contributed by atoms with Gasteiger partial charge in [-0.25, -0.2) is 0 Å². The van der Waals surface area contributed by atoms with E-state index >= 15 is 0 Å². The van der Waals surface area contributed by atoms with Gasteiger partial charge in [0, 0.05) is 5.92 Å². The second-order valence-corrected chi connectivity index (χ2v) is 12.7. The van der Waals surface area contributed by atoms with Crippen LogP contribution < -0.4 is 25.2 Å². The van der Waals surface area contributed by atoms with Crippen LogP contribution in [0.3, 0.4) is 0 Å². The van der Waals surface area contributed by atoms with Gasteiger partial charge in [0.15, 0.2) is 10.2 Å². The fraction of sp³-hybridized carbons (Fsp3) is 0.314. The third-order valence-electron chi connectivity index (χ3n) is 8.49. The summed E-state index contributed by atoms with van der Waals surface area (Å²) in [6.07, 6.45) is 0.748. The fourth-order valence-electron chi connectivity index (χ4n) is 6.04. The van der Waals surface area contributed by atoms with Crippen molar-refractivity contribution in [2.75, 3.05) is 9.80 Å². The number of nitrogens with one attached hydrogen (secondary N) is 2. The molecule has 11 heteroatoms. The van der Waals surface area contributed by atoms with Gasteiger partial charge in [0.25, 0.3) is 0 Å². The molecule has 2 saturated heterocycles. The van der Waals surface area contributed by atoms with Gasteiger partial charge in [0.2, 0.25) is 23.6 Å². The molecule has 0 radical (unpaired) electrons. The lowest BCUT2D eigenvalue weighted by Crippen LogP contribution is -2.64. The topological polar surface area (TPSA) is 108 Å². The first-order valence-electron chi connectivity index (χ1n) is 15.1. The number of carbonyl (C=O) groups excluding carboxylic acids is 4. The maximum absolute atomic E-state index is 14.5. The van der Waals surface area contributed by atoms with Crippen molar-refractivity contribution in [2.45, 2.75) is 60.0 Å². The third-order valence-corrected chi connectivity index (χ3v) is 9.06. The van der Waals surface area contributed by atoms with Crippen molar-refractivity contribution in [1.82, 2.24) is 10.6 Å². The summed E-state index contributed by atoms with van der Waals surface area (Å²) >= 11 is 11.0. The van der Waals surface area contributed by atoms with E-state index in [1.807, 2.05) is 65.8 Å². The largest absolute Gasteiger partial charge is 0.491 e. The van der Waals surface area contributed by atoms with Gasteiger partial charge in [-0.05, 0) is 106 Å². The van der Waals surface area contributed by atoms with Crippen LogP contribution >= 0.6 is 24.4 Å². The molecule has 2 aliphatic rings. The molecule has 2 fully saturated rings.